The van der Waals surface area contributed by atoms with Gasteiger partial charge >= 0.3 is 5.97 Å². The third-order valence-electron chi connectivity index (χ3n) is 2.31. The second kappa shape index (κ2) is 6.22. The predicted molar refractivity (Wildman–Crippen MR) is 56.6 cm³/mol. The number of hydrogen-bond donors (Lipinski definition) is 0. The highest BCUT2D eigenvalue weighted by molar-refractivity contribution is 5.69. The molecule has 0 aliphatic heterocycles. The Morgan fingerprint density at radius 3 is 2.81 bits per heavy atom. The second-order valence-electron chi connectivity index (χ2n) is 3.71. The number of rotatable bonds is 6. The summed E-state index contributed by atoms with van der Waals surface area (Å²) in [4.78, 5) is 13.0. The van der Waals surface area contributed by atoms with Crippen molar-refractivity contribution >= 4 is 5.97 Å². The van der Waals surface area contributed by atoms with E-state index < -0.39 is 0 Å². The fourth-order valence-corrected chi connectivity index (χ4v) is 1.32. The van der Waals surface area contributed by atoms with Crippen LogP contribution in [0.3, 0.4) is 0 Å². The van der Waals surface area contributed by atoms with Crippen LogP contribution in [0.15, 0.2) is 4.63 Å². The molecule has 1 aromatic rings. The number of esters is 1. The Morgan fingerprint density at radius 2 is 2.25 bits per heavy atom. The minimum atomic E-state index is -0.173. The van der Waals surface area contributed by atoms with E-state index in [9.17, 15) is 4.79 Å². The molecule has 16 heavy (non-hydrogen) atoms. The van der Waals surface area contributed by atoms with Crippen molar-refractivity contribution in [3.8, 4) is 0 Å². The summed E-state index contributed by atoms with van der Waals surface area (Å²) in [6.45, 7) is 3.34. The van der Waals surface area contributed by atoms with Crippen LogP contribution in [0.1, 0.15) is 24.2 Å². The minimum absolute atomic E-state index is 0.173. The normalized spacial score (nSPS) is 10.8. The summed E-state index contributed by atoms with van der Waals surface area (Å²) < 4.78 is 9.17. The average molecular weight is 227 g/mol. The van der Waals surface area contributed by atoms with Crippen molar-refractivity contribution in [2.24, 2.45) is 0 Å². The largest absolute Gasteiger partial charge is 0.469 e. The lowest BCUT2D eigenvalue weighted by molar-refractivity contribution is -0.140. The Labute approximate surface area is 94.5 Å². The van der Waals surface area contributed by atoms with Gasteiger partial charge in [0.15, 0.2) is 0 Å². The van der Waals surface area contributed by atoms with Gasteiger partial charge < -0.3 is 9.64 Å². The van der Waals surface area contributed by atoms with E-state index in [1.807, 2.05) is 14.0 Å². The van der Waals surface area contributed by atoms with Gasteiger partial charge in [0.2, 0.25) is 0 Å². The SMILES string of the molecule is COC(=O)CCCN(C)Cc1nonc1C. The van der Waals surface area contributed by atoms with Crippen LogP contribution in [0.5, 0.6) is 0 Å². The van der Waals surface area contributed by atoms with Crippen LogP contribution in [-0.4, -0.2) is 41.9 Å². The monoisotopic (exact) mass is 227 g/mol. The second-order valence-corrected chi connectivity index (χ2v) is 3.71. The molecule has 0 spiro atoms. The maximum absolute atomic E-state index is 10.9. The van der Waals surface area contributed by atoms with Gasteiger partial charge in [-0.05, 0) is 26.9 Å². The molecule has 1 rings (SSSR count). The lowest BCUT2D eigenvalue weighted by atomic mass is 10.2. The summed E-state index contributed by atoms with van der Waals surface area (Å²) in [7, 11) is 3.36. The van der Waals surface area contributed by atoms with Crippen molar-refractivity contribution in [3.63, 3.8) is 0 Å². The van der Waals surface area contributed by atoms with Crippen molar-refractivity contribution in [3.05, 3.63) is 11.4 Å². The molecular weight excluding hydrogens is 210 g/mol. The fourth-order valence-electron chi connectivity index (χ4n) is 1.32. The molecule has 1 aromatic heterocycles. The van der Waals surface area contributed by atoms with E-state index in [-0.39, 0.29) is 5.97 Å². The fraction of sp³-hybridized carbons (Fsp3) is 0.700. The minimum Gasteiger partial charge on any atom is -0.469 e. The quantitative estimate of drug-likeness (QED) is 0.668. The smallest absolute Gasteiger partial charge is 0.305 e. The van der Waals surface area contributed by atoms with Gasteiger partial charge in [-0.1, -0.05) is 10.3 Å². The van der Waals surface area contributed by atoms with E-state index in [4.69, 9.17) is 0 Å². The van der Waals surface area contributed by atoms with Crippen molar-refractivity contribution in [2.75, 3.05) is 20.7 Å². The Hall–Kier alpha value is -1.43. The van der Waals surface area contributed by atoms with E-state index in [1.165, 1.54) is 7.11 Å². The molecule has 6 heteroatoms. The van der Waals surface area contributed by atoms with Crippen LogP contribution >= 0.6 is 0 Å². The molecule has 0 aliphatic carbocycles. The molecule has 0 saturated heterocycles. The van der Waals surface area contributed by atoms with Crippen LogP contribution in [0.25, 0.3) is 0 Å². The molecule has 0 fully saturated rings. The first-order valence-corrected chi connectivity index (χ1v) is 5.17. The Morgan fingerprint density at radius 1 is 1.50 bits per heavy atom. The Kier molecular flexibility index (Phi) is 4.91. The van der Waals surface area contributed by atoms with Crippen molar-refractivity contribution in [2.45, 2.75) is 26.3 Å². The van der Waals surface area contributed by atoms with Crippen molar-refractivity contribution in [1.29, 1.82) is 0 Å². The van der Waals surface area contributed by atoms with Crippen LogP contribution < -0.4 is 0 Å². The first-order chi connectivity index (χ1) is 7.63. The summed E-state index contributed by atoms with van der Waals surface area (Å²) in [6, 6.07) is 0. The number of hydrogen-bond acceptors (Lipinski definition) is 6. The first kappa shape index (κ1) is 12.6. The molecule has 0 bridgehead atoms. The van der Waals surface area contributed by atoms with E-state index in [2.05, 4.69) is 24.6 Å². The number of aromatic nitrogens is 2. The van der Waals surface area contributed by atoms with Crippen LogP contribution in [0.2, 0.25) is 0 Å². The Balaban J connectivity index is 2.24. The molecule has 6 nitrogen and oxygen atoms in total. The average Bonchev–Trinajstić information content (AvgIpc) is 2.64. The third kappa shape index (κ3) is 3.98. The van der Waals surface area contributed by atoms with Gasteiger partial charge in [-0.2, -0.15) is 0 Å². The molecule has 1 heterocycles. The van der Waals surface area contributed by atoms with E-state index >= 15 is 0 Å². The number of aryl methyl sites for hydroxylation is 1. The lowest BCUT2D eigenvalue weighted by Crippen LogP contribution is -2.20. The van der Waals surface area contributed by atoms with Gasteiger partial charge in [0.05, 0.1) is 7.11 Å². The number of carbonyl (C=O) groups excluding carboxylic acids is 1. The first-order valence-electron chi connectivity index (χ1n) is 5.17. The molecule has 0 radical (unpaired) electrons. The van der Waals surface area contributed by atoms with Gasteiger partial charge in [-0.15, -0.1) is 0 Å². The Bertz CT molecular complexity index is 338. The van der Waals surface area contributed by atoms with Gasteiger partial charge in [0.25, 0.3) is 0 Å². The topological polar surface area (TPSA) is 68.5 Å². The predicted octanol–water partition coefficient (Wildman–Crippen LogP) is 0.763. The third-order valence-corrected chi connectivity index (χ3v) is 2.31. The van der Waals surface area contributed by atoms with Gasteiger partial charge in [-0.3, -0.25) is 4.79 Å². The highest BCUT2D eigenvalue weighted by atomic mass is 16.6. The van der Waals surface area contributed by atoms with Gasteiger partial charge in [0, 0.05) is 13.0 Å². The van der Waals surface area contributed by atoms with Gasteiger partial charge in [0.1, 0.15) is 11.4 Å². The maximum atomic E-state index is 10.9. The molecule has 0 unspecified atom stereocenters. The van der Waals surface area contributed by atoms with Crippen LogP contribution in [-0.2, 0) is 16.1 Å². The summed E-state index contributed by atoms with van der Waals surface area (Å²) in [6.07, 6.45) is 1.21. The zero-order valence-electron chi connectivity index (χ0n) is 9.89. The lowest BCUT2D eigenvalue weighted by Gasteiger charge is -2.14. The van der Waals surface area contributed by atoms with Crippen LogP contribution in [0.4, 0.5) is 0 Å². The number of ether oxygens (including phenoxy) is 1. The summed E-state index contributed by atoms with van der Waals surface area (Å²) in [5, 5.41) is 7.50. The number of carbonyl (C=O) groups is 1. The summed E-state index contributed by atoms with van der Waals surface area (Å²) in [5.74, 6) is -0.173. The number of methoxy groups -OCH3 is 1. The van der Waals surface area contributed by atoms with E-state index in [0.717, 1.165) is 24.4 Å². The summed E-state index contributed by atoms with van der Waals surface area (Å²) >= 11 is 0. The molecule has 0 aromatic carbocycles. The molecule has 0 aliphatic rings. The number of nitrogens with zero attached hydrogens (tertiary/aromatic N) is 3. The van der Waals surface area contributed by atoms with Crippen molar-refractivity contribution in [1.82, 2.24) is 15.2 Å². The summed E-state index contributed by atoms with van der Waals surface area (Å²) in [5.41, 5.74) is 1.64. The highest BCUT2D eigenvalue weighted by Gasteiger charge is 2.09. The molecule has 0 amide bonds. The maximum Gasteiger partial charge on any atom is 0.305 e. The molecule has 90 valence electrons. The van der Waals surface area contributed by atoms with Crippen LogP contribution in [0, 0.1) is 6.92 Å². The molecular formula is C10H17N3O3. The standard InChI is InChI=1S/C10H17N3O3/c1-8-9(12-16-11-8)7-13(2)6-4-5-10(14)15-3/h4-7H2,1-3H3. The molecule has 0 atom stereocenters. The van der Waals surface area contributed by atoms with Gasteiger partial charge in [-0.25, -0.2) is 4.63 Å². The van der Waals surface area contributed by atoms with E-state index in [1.54, 1.807) is 0 Å². The highest BCUT2D eigenvalue weighted by Crippen LogP contribution is 2.05. The molecule has 0 saturated carbocycles. The van der Waals surface area contributed by atoms with E-state index in [0.29, 0.717) is 13.0 Å². The van der Waals surface area contributed by atoms with Crippen molar-refractivity contribution < 1.29 is 14.2 Å². The molecule has 0 N–H and O–H groups in total. The zero-order valence-corrected chi connectivity index (χ0v) is 9.89. The zero-order chi connectivity index (χ0) is 12.0.